The molecule has 0 N–H and O–H groups in total. The third kappa shape index (κ3) is 4.86. The summed E-state index contributed by atoms with van der Waals surface area (Å²) in [6.07, 6.45) is 3.45. The Balaban J connectivity index is 1.17. The van der Waals surface area contributed by atoms with Gasteiger partial charge in [0.15, 0.2) is 18.1 Å². The van der Waals surface area contributed by atoms with E-state index in [9.17, 15) is 9.59 Å². The maximum absolute atomic E-state index is 13.2. The fourth-order valence-electron chi connectivity index (χ4n) is 4.65. The first-order valence-electron chi connectivity index (χ1n) is 12.3. The highest BCUT2D eigenvalue weighted by Gasteiger charge is 2.33. The SMILES string of the molecule is O=C(C=Cc1ccc2c(c1)OCO2)OCC(=O)N1N=C(c2ccc3ccccc3c2)CC1c1ccccc1. The van der Waals surface area contributed by atoms with Crippen molar-refractivity contribution >= 4 is 34.4 Å². The predicted octanol–water partition coefficient (Wildman–Crippen LogP) is 5.50. The van der Waals surface area contributed by atoms with Gasteiger partial charge in [-0.2, -0.15) is 5.10 Å². The van der Waals surface area contributed by atoms with Gasteiger partial charge in [-0.05, 0) is 51.7 Å². The molecule has 1 unspecified atom stereocenters. The number of amides is 1. The Kier molecular flexibility index (Phi) is 6.32. The molecule has 0 aliphatic carbocycles. The molecule has 0 bridgehead atoms. The third-order valence-electron chi connectivity index (χ3n) is 6.58. The van der Waals surface area contributed by atoms with Crippen LogP contribution in [0.2, 0.25) is 0 Å². The molecule has 0 spiro atoms. The minimum Gasteiger partial charge on any atom is -0.454 e. The molecule has 0 saturated carbocycles. The topological polar surface area (TPSA) is 77.4 Å². The van der Waals surface area contributed by atoms with Crippen LogP contribution in [-0.2, 0) is 14.3 Å². The average molecular weight is 505 g/mol. The highest BCUT2D eigenvalue weighted by molar-refractivity contribution is 6.05. The third-order valence-corrected chi connectivity index (χ3v) is 6.58. The molecule has 7 nitrogen and oxygen atoms in total. The normalized spacial score (nSPS) is 16.2. The lowest BCUT2D eigenvalue weighted by atomic mass is 9.97. The smallest absolute Gasteiger partial charge is 0.331 e. The van der Waals surface area contributed by atoms with Gasteiger partial charge in [0.05, 0.1) is 11.8 Å². The minimum absolute atomic E-state index is 0.179. The predicted molar refractivity (Wildman–Crippen MR) is 144 cm³/mol. The van der Waals surface area contributed by atoms with Crippen LogP contribution in [0, 0.1) is 0 Å². The monoisotopic (exact) mass is 504 g/mol. The summed E-state index contributed by atoms with van der Waals surface area (Å²) in [4.78, 5) is 25.6. The zero-order chi connectivity index (χ0) is 25.9. The van der Waals surface area contributed by atoms with E-state index < -0.39 is 12.6 Å². The second-order valence-electron chi connectivity index (χ2n) is 9.03. The van der Waals surface area contributed by atoms with Crippen LogP contribution in [0.4, 0.5) is 0 Å². The molecule has 6 rings (SSSR count). The quantitative estimate of drug-likeness (QED) is 0.256. The maximum atomic E-state index is 13.2. The summed E-state index contributed by atoms with van der Waals surface area (Å²) in [6, 6.07) is 29.1. The summed E-state index contributed by atoms with van der Waals surface area (Å²) in [5.74, 6) is 0.277. The first-order chi connectivity index (χ1) is 18.6. The number of esters is 1. The van der Waals surface area contributed by atoms with Crippen molar-refractivity contribution in [1.29, 1.82) is 0 Å². The lowest BCUT2D eigenvalue weighted by Gasteiger charge is -2.21. The van der Waals surface area contributed by atoms with Gasteiger partial charge in [-0.15, -0.1) is 0 Å². The summed E-state index contributed by atoms with van der Waals surface area (Å²) < 4.78 is 15.9. The summed E-state index contributed by atoms with van der Waals surface area (Å²) >= 11 is 0. The maximum Gasteiger partial charge on any atom is 0.331 e. The number of fused-ring (bicyclic) bond motifs is 2. The molecule has 2 aliphatic heterocycles. The zero-order valence-corrected chi connectivity index (χ0v) is 20.4. The van der Waals surface area contributed by atoms with E-state index in [0.29, 0.717) is 17.9 Å². The minimum atomic E-state index is -0.620. The van der Waals surface area contributed by atoms with Crippen LogP contribution in [0.1, 0.15) is 29.2 Å². The van der Waals surface area contributed by atoms with Crippen LogP contribution < -0.4 is 9.47 Å². The van der Waals surface area contributed by atoms with E-state index in [2.05, 4.69) is 24.3 Å². The van der Waals surface area contributed by atoms with Gasteiger partial charge < -0.3 is 14.2 Å². The number of nitrogens with zero attached hydrogens (tertiary/aromatic N) is 2. The lowest BCUT2D eigenvalue weighted by Crippen LogP contribution is -2.31. The number of rotatable bonds is 6. The lowest BCUT2D eigenvalue weighted by molar-refractivity contribution is -0.149. The molecule has 4 aromatic rings. The van der Waals surface area contributed by atoms with Crippen molar-refractivity contribution in [2.75, 3.05) is 13.4 Å². The molecule has 7 heteroatoms. The molecular formula is C31H24N2O5. The largest absolute Gasteiger partial charge is 0.454 e. The Morgan fingerprint density at radius 2 is 1.68 bits per heavy atom. The van der Waals surface area contributed by atoms with Crippen LogP contribution in [-0.4, -0.2) is 36.0 Å². The van der Waals surface area contributed by atoms with Crippen LogP contribution >= 0.6 is 0 Å². The molecular weight excluding hydrogens is 480 g/mol. The van der Waals surface area contributed by atoms with E-state index in [1.165, 1.54) is 11.1 Å². The van der Waals surface area contributed by atoms with E-state index in [1.807, 2.05) is 48.5 Å². The van der Waals surface area contributed by atoms with E-state index in [0.717, 1.165) is 33.2 Å². The summed E-state index contributed by atoms with van der Waals surface area (Å²) in [5, 5.41) is 8.38. The Morgan fingerprint density at radius 1 is 0.895 bits per heavy atom. The van der Waals surface area contributed by atoms with Gasteiger partial charge in [-0.3, -0.25) is 4.79 Å². The molecule has 0 saturated heterocycles. The van der Waals surface area contributed by atoms with Crippen molar-refractivity contribution in [3.8, 4) is 11.5 Å². The number of carbonyl (C=O) groups excluding carboxylic acids is 2. The Labute approximate surface area is 219 Å². The number of hydrogen-bond donors (Lipinski definition) is 0. The van der Waals surface area contributed by atoms with Gasteiger partial charge in [0, 0.05) is 12.5 Å². The first-order valence-corrected chi connectivity index (χ1v) is 12.3. The molecule has 188 valence electrons. The highest BCUT2D eigenvalue weighted by Crippen LogP contribution is 2.34. The standard InChI is InChI=1S/C31H24N2O5/c34-30(19-36-31(35)15-11-21-10-14-28-29(16-21)38-20-37-28)33-27(23-7-2-1-3-8-23)18-26(32-33)25-13-12-22-6-4-5-9-24(22)17-25/h1-17,27H,18-20H2. The molecule has 2 aliphatic rings. The van der Waals surface area contributed by atoms with Crippen LogP contribution in [0.5, 0.6) is 11.5 Å². The second kappa shape index (κ2) is 10.2. The molecule has 1 amide bonds. The number of ether oxygens (including phenoxy) is 3. The molecule has 0 fully saturated rings. The Morgan fingerprint density at radius 3 is 2.55 bits per heavy atom. The van der Waals surface area contributed by atoms with Gasteiger partial charge in [0.25, 0.3) is 5.91 Å². The van der Waals surface area contributed by atoms with Crippen LogP contribution in [0.25, 0.3) is 16.8 Å². The first kappa shape index (κ1) is 23.5. The van der Waals surface area contributed by atoms with Crippen molar-refractivity contribution in [1.82, 2.24) is 5.01 Å². The zero-order valence-electron chi connectivity index (χ0n) is 20.4. The average Bonchev–Trinajstić information content (AvgIpc) is 3.62. The number of carbonyl (C=O) groups is 2. The van der Waals surface area contributed by atoms with Crippen LogP contribution in [0.3, 0.4) is 0 Å². The van der Waals surface area contributed by atoms with E-state index in [4.69, 9.17) is 19.3 Å². The van der Waals surface area contributed by atoms with E-state index >= 15 is 0 Å². The van der Waals surface area contributed by atoms with Crippen molar-refractivity contribution < 1.29 is 23.8 Å². The number of benzene rings is 4. The molecule has 0 aromatic heterocycles. The van der Waals surface area contributed by atoms with E-state index in [1.54, 1.807) is 24.3 Å². The van der Waals surface area contributed by atoms with Gasteiger partial charge in [-0.25, -0.2) is 9.80 Å². The summed E-state index contributed by atoms with van der Waals surface area (Å²) in [7, 11) is 0. The van der Waals surface area contributed by atoms with Crippen molar-refractivity contribution in [3.05, 3.63) is 114 Å². The number of hydrazone groups is 1. The molecule has 0 radical (unpaired) electrons. The fraction of sp³-hybridized carbons (Fsp3) is 0.129. The van der Waals surface area contributed by atoms with Gasteiger partial charge >= 0.3 is 5.97 Å². The molecule has 38 heavy (non-hydrogen) atoms. The van der Waals surface area contributed by atoms with Gasteiger partial charge in [0.1, 0.15) is 0 Å². The molecule has 1 atom stereocenters. The van der Waals surface area contributed by atoms with Crippen molar-refractivity contribution in [2.45, 2.75) is 12.5 Å². The van der Waals surface area contributed by atoms with Crippen LogP contribution in [0.15, 0.2) is 102 Å². The Hall–Kier alpha value is -4.91. The summed E-state index contributed by atoms with van der Waals surface area (Å²) in [6.45, 7) is -0.236. The van der Waals surface area contributed by atoms with Crippen molar-refractivity contribution in [3.63, 3.8) is 0 Å². The van der Waals surface area contributed by atoms with Gasteiger partial charge in [-0.1, -0.05) is 72.8 Å². The van der Waals surface area contributed by atoms with Gasteiger partial charge in [0.2, 0.25) is 6.79 Å². The highest BCUT2D eigenvalue weighted by atomic mass is 16.7. The van der Waals surface area contributed by atoms with Crippen molar-refractivity contribution in [2.24, 2.45) is 5.10 Å². The summed E-state index contributed by atoms with van der Waals surface area (Å²) in [5.41, 5.74) is 3.50. The fourth-order valence-corrected chi connectivity index (χ4v) is 4.65. The second-order valence-corrected chi connectivity index (χ2v) is 9.03. The number of hydrogen-bond acceptors (Lipinski definition) is 6. The molecule has 4 aromatic carbocycles. The molecule has 2 heterocycles. The Bertz CT molecular complexity index is 1580. The van der Waals surface area contributed by atoms with E-state index in [-0.39, 0.29) is 18.7 Å².